The van der Waals surface area contributed by atoms with Crippen LogP contribution in [0.3, 0.4) is 0 Å². The van der Waals surface area contributed by atoms with Crippen LogP contribution in [-0.2, 0) is 22.4 Å². The Morgan fingerprint density at radius 1 is 0.971 bits per heavy atom. The summed E-state index contributed by atoms with van der Waals surface area (Å²) in [5.74, 6) is 1.02. The van der Waals surface area contributed by atoms with Gasteiger partial charge in [-0.25, -0.2) is 4.98 Å². The van der Waals surface area contributed by atoms with Crippen molar-refractivity contribution in [3.63, 3.8) is 0 Å². The predicted molar refractivity (Wildman–Crippen MR) is 139 cm³/mol. The SMILES string of the molecule is CCN(C(=O)Cc1ccc(NC(=O)CCc2ncc(-c3ccc(Cl)cc3)o2)cc1)c1ccccc1. The van der Waals surface area contributed by atoms with E-state index in [1.54, 1.807) is 23.2 Å². The molecule has 3 aromatic carbocycles. The van der Waals surface area contributed by atoms with Crippen molar-refractivity contribution >= 4 is 34.8 Å². The number of hydrogen-bond donors (Lipinski definition) is 1. The van der Waals surface area contributed by atoms with Gasteiger partial charge in [0.05, 0.1) is 12.6 Å². The van der Waals surface area contributed by atoms with Crippen molar-refractivity contribution in [3.8, 4) is 11.3 Å². The number of halogens is 1. The van der Waals surface area contributed by atoms with Gasteiger partial charge in [-0.15, -0.1) is 0 Å². The van der Waals surface area contributed by atoms with Crippen LogP contribution in [0.2, 0.25) is 5.02 Å². The molecule has 1 aromatic heterocycles. The lowest BCUT2D eigenvalue weighted by Crippen LogP contribution is -2.31. The van der Waals surface area contributed by atoms with Crippen LogP contribution >= 0.6 is 11.6 Å². The molecule has 0 aliphatic heterocycles. The second-order valence-corrected chi connectivity index (χ2v) is 8.46. The zero-order valence-electron chi connectivity index (χ0n) is 19.4. The van der Waals surface area contributed by atoms with Gasteiger partial charge in [0, 0.05) is 41.3 Å². The second kappa shape index (κ2) is 11.5. The monoisotopic (exact) mass is 487 g/mol. The number of hydrogen-bond acceptors (Lipinski definition) is 4. The third-order valence-electron chi connectivity index (χ3n) is 5.53. The van der Waals surface area contributed by atoms with Crippen LogP contribution in [0.25, 0.3) is 11.3 Å². The second-order valence-electron chi connectivity index (χ2n) is 8.02. The number of aromatic nitrogens is 1. The number of likely N-dealkylation sites (N-methyl/N-ethyl adjacent to an activating group) is 1. The lowest BCUT2D eigenvalue weighted by Gasteiger charge is -2.21. The van der Waals surface area contributed by atoms with Gasteiger partial charge in [0.15, 0.2) is 11.7 Å². The van der Waals surface area contributed by atoms with E-state index < -0.39 is 0 Å². The minimum absolute atomic E-state index is 0.0272. The highest BCUT2D eigenvalue weighted by molar-refractivity contribution is 6.30. The number of amides is 2. The summed E-state index contributed by atoms with van der Waals surface area (Å²) in [5, 5.41) is 3.53. The predicted octanol–water partition coefficient (Wildman–Crippen LogP) is 6.16. The Bertz CT molecular complexity index is 1270. The van der Waals surface area contributed by atoms with Gasteiger partial charge in [-0.3, -0.25) is 9.59 Å². The van der Waals surface area contributed by atoms with Crippen LogP contribution in [-0.4, -0.2) is 23.3 Å². The fraction of sp³-hybridized carbons (Fsp3) is 0.179. The van der Waals surface area contributed by atoms with E-state index in [2.05, 4.69) is 10.3 Å². The maximum Gasteiger partial charge on any atom is 0.231 e. The van der Waals surface area contributed by atoms with Crippen LogP contribution in [0, 0.1) is 0 Å². The molecule has 2 amide bonds. The van der Waals surface area contributed by atoms with Crippen LogP contribution < -0.4 is 10.2 Å². The molecule has 0 saturated heterocycles. The van der Waals surface area contributed by atoms with Crippen LogP contribution in [0.4, 0.5) is 11.4 Å². The maximum atomic E-state index is 12.8. The van der Waals surface area contributed by atoms with Gasteiger partial charge in [-0.1, -0.05) is 41.9 Å². The van der Waals surface area contributed by atoms with Gasteiger partial charge in [0.1, 0.15) is 0 Å². The molecular weight excluding hydrogens is 462 g/mol. The number of rotatable bonds is 9. The summed E-state index contributed by atoms with van der Waals surface area (Å²) in [7, 11) is 0. The molecule has 0 aliphatic carbocycles. The van der Waals surface area contributed by atoms with Gasteiger partial charge in [-0.2, -0.15) is 0 Å². The van der Waals surface area contributed by atoms with Crippen molar-refractivity contribution in [2.45, 2.75) is 26.2 Å². The van der Waals surface area contributed by atoms with Crippen LogP contribution in [0.15, 0.2) is 89.5 Å². The van der Waals surface area contributed by atoms with E-state index in [1.807, 2.05) is 73.7 Å². The Hall–Kier alpha value is -3.90. The molecule has 0 atom stereocenters. The van der Waals surface area contributed by atoms with Crippen molar-refractivity contribution in [1.82, 2.24) is 4.98 Å². The van der Waals surface area contributed by atoms with Crippen LogP contribution in [0.5, 0.6) is 0 Å². The summed E-state index contributed by atoms with van der Waals surface area (Å²) < 4.78 is 5.75. The molecule has 0 aliphatic rings. The Morgan fingerprint density at radius 3 is 2.37 bits per heavy atom. The smallest absolute Gasteiger partial charge is 0.231 e. The molecule has 4 aromatic rings. The molecular formula is C28H26ClN3O3. The largest absolute Gasteiger partial charge is 0.441 e. The summed E-state index contributed by atoms with van der Waals surface area (Å²) in [4.78, 5) is 31.2. The number of carbonyl (C=O) groups is 2. The van der Waals surface area contributed by atoms with Crippen molar-refractivity contribution in [1.29, 1.82) is 0 Å². The van der Waals surface area contributed by atoms with Gasteiger partial charge in [0.25, 0.3) is 0 Å². The topological polar surface area (TPSA) is 75.4 Å². The first-order chi connectivity index (χ1) is 17.0. The Morgan fingerprint density at radius 2 is 1.69 bits per heavy atom. The molecule has 178 valence electrons. The summed E-state index contributed by atoms with van der Waals surface area (Å²) in [6.45, 7) is 2.56. The molecule has 6 nitrogen and oxygen atoms in total. The Balaban J connectivity index is 1.27. The molecule has 0 fully saturated rings. The van der Waals surface area contributed by atoms with Gasteiger partial charge in [-0.05, 0) is 61.0 Å². The van der Waals surface area contributed by atoms with Crippen LogP contribution in [0.1, 0.15) is 24.8 Å². The molecule has 1 N–H and O–H groups in total. The van der Waals surface area contributed by atoms with E-state index in [1.165, 1.54) is 0 Å². The van der Waals surface area contributed by atoms with Gasteiger partial charge in [0.2, 0.25) is 11.8 Å². The lowest BCUT2D eigenvalue weighted by atomic mass is 10.1. The quantitative estimate of drug-likeness (QED) is 0.306. The minimum Gasteiger partial charge on any atom is -0.441 e. The zero-order valence-corrected chi connectivity index (χ0v) is 20.2. The van der Waals surface area contributed by atoms with E-state index in [4.69, 9.17) is 16.0 Å². The average Bonchev–Trinajstić information content (AvgIpc) is 3.35. The normalized spacial score (nSPS) is 10.7. The average molecular weight is 488 g/mol. The number of benzene rings is 3. The van der Waals surface area contributed by atoms with Gasteiger partial charge >= 0.3 is 0 Å². The number of carbonyl (C=O) groups excluding carboxylic acids is 2. The fourth-order valence-corrected chi connectivity index (χ4v) is 3.83. The zero-order chi connectivity index (χ0) is 24.6. The molecule has 0 saturated carbocycles. The Labute approximate surface area is 209 Å². The number of nitrogens with zero attached hydrogens (tertiary/aromatic N) is 2. The highest BCUT2D eigenvalue weighted by Crippen LogP contribution is 2.23. The molecule has 0 bridgehead atoms. The first-order valence-electron chi connectivity index (χ1n) is 11.5. The fourth-order valence-electron chi connectivity index (χ4n) is 3.70. The third kappa shape index (κ3) is 6.58. The van der Waals surface area contributed by atoms with Crippen molar-refractivity contribution < 1.29 is 14.0 Å². The van der Waals surface area contributed by atoms with E-state index in [0.717, 1.165) is 16.8 Å². The number of oxazole rings is 1. The van der Waals surface area contributed by atoms with E-state index in [9.17, 15) is 9.59 Å². The van der Waals surface area contributed by atoms with E-state index in [-0.39, 0.29) is 24.7 Å². The first kappa shape index (κ1) is 24.2. The first-order valence-corrected chi connectivity index (χ1v) is 11.8. The maximum absolute atomic E-state index is 12.8. The number of nitrogens with one attached hydrogen (secondary N) is 1. The van der Waals surface area contributed by atoms with Crippen molar-refractivity contribution in [2.75, 3.05) is 16.8 Å². The number of aryl methyl sites for hydroxylation is 1. The molecule has 0 unspecified atom stereocenters. The molecule has 4 rings (SSSR count). The van der Waals surface area contributed by atoms with Crippen molar-refractivity contribution in [3.05, 3.63) is 102 Å². The molecule has 7 heteroatoms. The highest BCUT2D eigenvalue weighted by atomic mass is 35.5. The Kier molecular flexibility index (Phi) is 7.95. The number of anilines is 2. The van der Waals surface area contributed by atoms with Gasteiger partial charge < -0.3 is 14.6 Å². The lowest BCUT2D eigenvalue weighted by molar-refractivity contribution is -0.118. The summed E-state index contributed by atoms with van der Waals surface area (Å²) in [6, 6.07) is 24.3. The molecule has 1 heterocycles. The summed E-state index contributed by atoms with van der Waals surface area (Å²) in [6.07, 6.45) is 2.56. The molecule has 35 heavy (non-hydrogen) atoms. The number of para-hydroxylation sites is 1. The highest BCUT2D eigenvalue weighted by Gasteiger charge is 2.14. The molecule has 0 spiro atoms. The summed E-state index contributed by atoms with van der Waals surface area (Å²) >= 11 is 5.92. The summed E-state index contributed by atoms with van der Waals surface area (Å²) in [5.41, 5.74) is 3.32. The van der Waals surface area contributed by atoms with E-state index in [0.29, 0.717) is 35.3 Å². The third-order valence-corrected chi connectivity index (χ3v) is 5.78. The van der Waals surface area contributed by atoms with E-state index >= 15 is 0 Å². The standard InChI is InChI=1S/C28H26ClN3O3/c1-2-32(24-6-4-3-5-7-24)28(34)18-20-8-14-23(15-9-20)31-26(33)16-17-27-30-19-25(35-27)21-10-12-22(29)13-11-21/h3-15,19H,2,16-18H2,1H3,(H,31,33). The van der Waals surface area contributed by atoms with Crippen molar-refractivity contribution in [2.24, 2.45) is 0 Å². The molecule has 0 radical (unpaired) electrons. The minimum atomic E-state index is -0.138.